The average molecular weight is 322 g/mol. The Morgan fingerprint density at radius 3 is 2.67 bits per heavy atom. The zero-order chi connectivity index (χ0) is 13.9. The number of benzene rings is 1. The normalized spacial score (nSPS) is 13.2. The van der Waals surface area contributed by atoms with Gasteiger partial charge in [0.25, 0.3) is 0 Å². The lowest BCUT2D eigenvalue weighted by Gasteiger charge is -2.11. The maximum absolute atomic E-state index is 13.4. The topological polar surface area (TPSA) is 87.7 Å². The van der Waals surface area contributed by atoms with Gasteiger partial charge < -0.3 is 16.3 Å². The molecule has 98 valence electrons. The van der Waals surface area contributed by atoms with Crippen LogP contribution < -0.4 is 11.1 Å². The minimum atomic E-state index is -0.971. The van der Waals surface area contributed by atoms with Crippen LogP contribution in [0, 0.1) is 17.6 Å². The van der Waals surface area contributed by atoms with Gasteiger partial charge in [-0.3, -0.25) is 4.79 Å². The van der Waals surface area contributed by atoms with Crippen molar-refractivity contribution in [3.8, 4) is 0 Å². The van der Waals surface area contributed by atoms with Gasteiger partial charge in [-0.15, -0.1) is 0 Å². The van der Waals surface area contributed by atoms with Crippen molar-refractivity contribution in [1.29, 1.82) is 0 Å². The molecule has 1 rings (SSSR count). The first kappa shape index (κ1) is 14.4. The molecule has 4 N–H and O–H groups in total. The fourth-order valence-electron chi connectivity index (χ4n) is 1.08. The van der Waals surface area contributed by atoms with Gasteiger partial charge >= 0.3 is 0 Å². The Morgan fingerprint density at radius 2 is 2.11 bits per heavy atom. The second-order valence-electron chi connectivity index (χ2n) is 3.48. The average Bonchev–Trinajstić information content (AvgIpc) is 2.33. The molecule has 0 bridgehead atoms. The summed E-state index contributed by atoms with van der Waals surface area (Å²) in [6, 6.07) is 1.72. The molecule has 0 saturated heterocycles. The van der Waals surface area contributed by atoms with E-state index in [0.29, 0.717) is 0 Å². The molecule has 8 heteroatoms. The Hall–Kier alpha value is -1.70. The lowest BCUT2D eigenvalue weighted by molar-refractivity contribution is -0.117. The Kier molecular flexibility index (Phi) is 4.60. The van der Waals surface area contributed by atoms with Crippen molar-refractivity contribution in [3.63, 3.8) is 0 Å². The molecule has 1 aromatic carbocycles. The summed E-state index contributed by atoms with van der Waals surface area (Å²) in [5, 5.41) is 13.2. The lowest BCUT2D eigenvalue weighted by atomic mass is 10.1. The van der Waals surface area contributed by atoms with Crippen LogP contribution in [0.15, 0.2) is 21.8 Å². The molecule has 0 aliphatic rings. The van der Waals surface area contributed by atoms with Crippen molar-refractivity contribution in [2.45, 2.75) is 6.92 Å². The number of rotatable bonds is 3. The summed E-state index contributed by atoms with van der Waals surface area (Å²) in [6.07, 6.45) is 0. The Morgan fingerprint density at radius 1 is 1.50 bits per heavy atom. The molecule has 0 saturated carbocycles. The molecule has 0 spiro atoms. The van der Waals surface area contributed by atoms with E-state index in [4.69, 9.17) is 10.9 Å². The summed E-state index contributed by atoms with van der Waals surface area (Å²) in [7, 11) is 0. The maximum atomic E-state index is 13.4. The largest absolute Gasteiger partial charge is 0.409 e. The van der Waals surface area contributed by atoms with E-state index in [1.54, 1.807) is 0 Å². The van der Waals surface area contributed by atoms with E-state index in [1.165, 1.54) is 6.92 Å². The summed E-state index contributed by atoms with van der Waals surface area (Å²) in [5.41, 5.74) is 4.91. The van der Waals surface area contributed by atoms with Crippen LogP contribution in [0.25, 0.3) is 0 Å². The van der Waals surface area contributed by atoms with E-state index in [9.17, 15) is 13.6 Å². The highest BCUT2D eigenvalue weighted by Gasteiger charge is 2.19. The van der Waals surface area contributed by atoms with E-state index in [2.05, 4.69) is 26.4 Å². The van der Waals surface area contributed by atoms with E-state index in [-0.39, 0.29) is 16.0 Å². The third-order valence-electron chi connectivity index (χ3n) is 2.22. The number of anilines is 1. The molecular formula is C10H10BrF2N3O2. The lowest BCUT2D eigenvalue weighted by Crippen LogP contribution is -2.32. The SMILES string of the molecule is CC(C(=O)Nc1cc(F)c(Br)cc1F)/C(N)=N/O. The molecule has 0 aliphatic carbocycles. The molecule has 0 aromatic heterocycles. The van der Waals surface area contributed by atoms with Crippen molar-refractivity contribution in [2.75, 3.05) is 5.32 Å². The first-order valence-electron chi connectivity index (χ1n) is 4.79. The van der Waals surface area contributed by atoms with Crippen LogP contribution in [0.3, 0.4) is 0 Å². The fraction of sp³-hybridized carbons (Fsp3) is 0.200. The summed E-state index contributed by atoms with van der Waals surface area (Å²) in [6.45, 7) is 1.36. The number of nitrogens with zero attached hydrogens (tertiary/aromatic N) is 1. The number of nitrogens with one attached hydrogen (secondary N) is 1. The van der Waals surface area contributed by atoms with Crippen molar-refractivity contribution < 1.29 is 18.8 Å². The molecule has 0 fully saturated rings. The summed E-state index contributed by atoms with van der Waals surface area (Å²) in [4.78, 5) is 11.6. The number of hydrogen-bond acceptors (Lipinski definition) is 3. The summed E-state index contributed by atoms with van der Waals surface area (Å²) >= 11 is 2.81. The predicted octanol–water partition coefficient (Wildman–Crippen LogP) is 2.05. The molecule has 0 aliphatic heterocycles. The third kappa shape index (κ3) is 3.16. The van der Waals surface area contributed by atoms with Crippen molar-refractivity contribution >= 4 is 33.4 Å². The van der Waals surface area contributed by atoms with Gasteiger partial charge in [-0.25, -0.2) is 8.78 Å². The third-order valence-corrected chi connectivity index (χ3v) is 2.83. The minimum absolute atomic E-state index is 0.0533. The van der Waals surface area contributed by atoms with Crippen LogP contribution in [0.1, 0.15) is 6.92 Å². The van der Waals surface area contributed by atoms with Crippen LogP contribution in [0.2, 0.25) is 0 Å². The molecule has 18 heavy (non-hydrogen) atoms. The van der Waals surface area contributed by atoms with Gasteiger partial charge in [-0.1, -0.05) is 5.16 Å². The Labute approximate surface area is 110 Å². The predicted molar refractivity (Wildman–Crippen MR) is 65.3 cm³/mol. The highest BCUT2D eigenvalue weighted by molar-refractivity contribution is 9.10. The van der Waals surface area contributed by atoms with Crippen LogP contribution >= 0.6 is 15.9 Å². The van der Waals surface area contributed by atoms with Crippen LogP contribution in [-0.2, 0) is 4.79 Å². The quantitative estimate of drug-likeness (QED) is 0.262. The molecule has 1 amide bonds. The van der Waals surface area contributed by atoms with Gasteiger partial charge in [-0.2, -0.15) is 0 Å². The number of nitrogens with two attached hydrogens (primary N) is 1. The maximum Gasteiger partial charge on any atom is 0.235 e. The number of oxime groups is 1. The van der Waals surface area contributed by atoms with Gasteiger partial charge in [0.2, 0.25) is 5.91 Å². The Balaban J connectivity index is 2.92. The van der Waals surface area contributed by atoms with Crippen LogP contribution in [0.5, 0.6) is 0 Å². The van der Waals surface area contributed by atoms with Crippen molar-refractivity contribution in [3.05, 3.63) is 28.2 Å². The van der Waals surface area contributed by atoms with Gasteiger partial charge in [0.1, 0.15) is 11.6 Å². The van der Waals surface area contributed by atoms with Gasteiger partial charge in [0.05, 0.1) is 16.1 Å². The smallest absolute Gasteiger partial charge is 0.235 e. The minimum Gasteiger partial charge on any atom is -0.409 e. The molecule has 0 heterocycles. The van der Waals surface area contributed by atoms with Crippen molar-refractivity contribution in [2.24, 2.45) is 16.8 Å². The van der Waals surface area contributed by atoms with E-state index < -0.39 is 23.5 Å². The fourth-order valence-corrected chi connectivity index (χ4v) is 1.40. The number of halogens is 3. The number of amides is 1. The monoisotopic (exact) mass is 321 g/mol. The molecule has 5 nitrogen and oxygen atoms in total. The Bertz CT molecular complexity index is 508. The molecule has 1 unspecified atom stereocenters. The molecule has 1 aromatic rings. The second kappa shape index (κ2) is 5.76. The standard InChI is InChI=1S/C10H10BrF2N3O2/c1-4(9(14)16-18)10(17)15-8-3-6(12)5(11)2-7(8)13/h2-4,18H,1H3,(H2,14,16)(H,15,17). The highest BCUT2D eigenvalue weighted by atomic mass is 79.9. The molecular weight excluding hydrogens is 312 g/mol. The van der Waals surface area contributed by atoms with Crippen LogP contribution in [-0.4, -0.2) is 17.0 Å². The first-order chi connectivity index (χ1) is 8.36. The molecule has 0 radical (unpaired) electrons. The first-order valence-corrected chi connectivity index (χ1v) is 5.59. The second-order valence-corrected chi connectivity index (χ2v) is 4.34. The van der Waals surface area contributed by atoms with Gasteiger partial charge in [0.15, 0.2) is 5.84 Å². The number of carbonyl (C=O) groups is 1. The highest BCUT2D eigenvalue weighted by Crippen LogP contribution is 2.23. The summed E-state index contributed by atoms with van der Waals surface area (Å²) < 4.78 is 26.5. The van der Waals surface area contributed by atoms with Gasteiger partial charge in [0, 0.05) is 6.07 Å². The molecule has 1 atom stereocenters. The number of amidine groups is 1. The zero-order valence-electron chi connectivity index (χ0n) is 9.25. The summed E-state index contributed by atoms with van der Waals surface area (Å²) in [5.74, 6) is -3.54. The van der Waals surface area contributed by atoms with Gasteiger partial charge in [-0.05, 0) is 28.9 Å². The van der Waals surface area contributed by atoms with Crippen molar-refractivity contribution in [1.82, 2.24) is 0 Å². The van der Waals surface area contributed by atoms with E-state index >= 15 is 0 Å². The zero-order valence-corrected chi connectivity index (χ0v) is 10.8. The number of hydrogen-bond donors (Lipinski definition) is 3. The van der Waals surface area contributed by atoms with E-state index in [0.717, 1.165) is 12.1 Å². The van der Waals surface area contributed by atoms with Crippen LogP contribution in [0.4, 0.5) is 14.5 Å². The van der Waals surface area contributed by atoms with E-state index in [1.807, 2.05) is 0 Å². The number of carbonyl (C=O) groups excluding carboxylic acids is 1.